The van der Waals surface area contributed by atoms with Gasteiger partial charge in [0.1, 0.15) is 11.9 Å². The zero-order valence-corrected chi connectivity index (χ0v) is 11.4. The standard InChI is InChI=1S/C14H15N5O/c1-3-12(13(16)20)19-9(2)17-18-14(19)11-6-4-5-10(7-11)8-15/h4-7,12H,3H2,1-2H3,(H2,16,20)/t12-/m1/s1. The Balaban J connectivity index is 2.58. The third-order valence-electron chi connectivity index (χ3n) is 3.14. The van der Waals surface area contributed by atoms with Gasteiger partial charge in [0, 0.05) is 5.56 Å². The number of nitrogens with zero attached hydrogens (tertiary/aromatic N) is 4. The molecule has 0 fully saturated rings. The van der Waals surface area contributed by atoms with E-state index in [-0.39, 0.29) is 0 Å². The lowest BCUT2D eigenvalue weighted by atomic mass is 10.1. The smallest absolute Gasteiger partial charge is 0.240 e. The SMILES string of the molecule is CC[C@H](C(N)=O)n1c(C)nnc1-c1cccc(C#N)c1. The number of carbonyl (C=O) groups is 1. The van der Waals surface area contributed by atoms with E-state index in [1.165, 1.54) is 0 Å². The van der Waals surface area contributed by atoms with Gasteiger partial charge in [-0.3, -0.25) is 9.36 Å². The Bertz CT molecular complexity index is 683. The van der Waals surface area contributed by atoms with Crippen LogP contribution in [0.5, 0.6) is 0 Å². The molecule has 1 aromatic carbocycles. The molecule has 0 radical (unpaired) electrons. The minimum absolute atomic E-state index is 0.423. The Labute approximate surface area is 116 Å². The summed E-state index contributed by atoms with van der Waals surface area (Å²) in [7, 11) is 0. The number of benzene rings is 1. The summed E-state index contributed by atoms with van der Waals surface area (Å²) in [5.74, 6) is 0.742. The summed E-state index contributed by atoms with van der Waals surface area (Å²) in [6, 6.07) is 8.61. The highest BCUT2D eigenvalue weighted by Crippen LogP contribution is 2.24. The number of hydrogen-bond donors (Lipinski definition) is 1. The molecule has 6 heteroatoms. The van der Waals surface area contributed by atoms with E-state index in [2.05, 4.69) is 16.3 Å². The Hall–Kier alpha value is -2.68. The van der Waals surface area contributed by atoms with E-state index in [4.69, 9.17) is 11.0 Å². The molecule has 0 aliphatic heterocycles. The van der Waals surface area contributed by atoms with E-state index in [1.54, 1.807) is 29.7 Å². The van der Waals surface area contributed by atoms with Crippen molar-refractivity contribution in [2.45, 2.75) is 26.3 Å². The summed E-state index contributed by atoms with van der Waals surface area (Å²) >= 11 is 0. The first kappa shape index (κ1) is 13.7. The highest BCUT2D eigenvalue weighted by Gasteiger charge is 2.22. The van der Waals surface area contributed by atoms with Crippen LogP contribution in [-0.4, -0.2) is 20.7 Å². The second-order valence-corrected chi connectivity index (χ2v) is 4.46. The van der Waals surface area contributed by atoms with E-state index >= 15 is 0 Å². The molecule has 102 valence electrons. The molecule has 20 heavy (non-hydrogen) atoms. The molecule has 0 aliphatic rings. The number of carbonyl (C=O) groups excluding carboxylic acids is 1. The molecule has 0 bridgehead atoms. The number of nitriles is 1. The van der Waals surface area contributed by atoms with Crippen molar-refractivity contribution in [3.63, 3.8) is 0 Å². The lowest BCUT2D eigenvalue weighted by molar-refractivity contribution is -0.121. The van der Waals surface area contributed by atoms with Crippen LogP contribution in [0, 0.1) is 18.3 Å². The van der Waals surface area contributed by atoms with Gasteiger partial charge >= 0.3 is 0 Å². The maximum absolute atomic E-state index is 11.6. The van der Waals surface area contributed by atoms with Gasteiger partial charge in [-0.1, -0.05) is 19.1 Å². The number of amides is 1. The van der Waals surface area contributed by atoms with Crippen molar-refractivity contribution >= 4 is 5.91 Å². The first-order valence-electron chi connectivity index (χ1n) is 6.29. The molecule has 1 atom stereocenters. The van der Waals surface area contributed by atoms with Crippen molar-refractivity contribution in [2.75, 3.05) is 0 Å². The van der Waals surface area contributed by atoms with Gasteiger partial charge in [-0.05, 0) is 25.5 Å². The van der Waals surface area contributed by atoms with Gasteiger partial charge in [-0.25, -0.2) is 0 Å². The molecule has 1 amide bonds. The Morgan fingerprint density at radius 1 is 1.50 bits per heavy atom. The predicted octanol–water partition coefficient (Wildman–Crippen LogP) is 1.56. The van der Waals surface area contributed by atoms with Crippen molar-refractivity contribution in [1.29, 1.82) is 5.26 Å². The lowest BCUT2D eigenvalue weighted by Crippen LogP contribution is -2.27. The minimum atomic E-state index is -0.495. The molecular weight excluding hydrogens is 254 g/mol. The second-order valence-electron chi connectivity index (χ2n) is 4.46. The Morgan fingerprint density at radius 3 is 2.85 bits per heavy atom. The molecule has 2 N–H and O–H groups in total. The summed E-state index contributed by atoms with van der Waals surface area (Å²) in [4.78, 5) is 11.6. The van der Waals surface area contributed by atoms with Crippen molar-refractivity contribution in [2.24, 2.45) is 5.73 Å². The van der Waals surface area contributed by atoms with Gasteiger partial charge in [-0.2, -0.15) is 5.26 Å². The molecule has 0 saturated heterocycles. The second kappa shape index (κ2) is 5.53. The van der Waals surface area contributed by atoms with Crippen molar-refractivity contribution in [3.05, 3.63) is 35.7 Å². The van der Waals surface area contributed by atoms with Gasteiger partial charge < -0.3 is 5.73 Å². The van der Waals surface area contributed by atoms with Crippen molar-refractivity contribution in [3.8, 4) is 17.5 Å². The van der Waals surface area contributed by atoms with Crippen LogP contribution in [0.2, 0.25) is 0 Å². The topological polar surface area (TPSA) is 97.6 Å². The van der Waals surface area contributed by atoms with Crippen LogP contribution in [-0.2, 0) is 4.79 Å². The predicted molar refractivity (Wildman–Crippen MR) is 73.4 cm³/mol. The molecule has 1 heterocycles. The van der Waals surface area contributed by atoms with Gasteiger partial charge in [0.05, 0.1) is 11.6 Å². The molecular formula is C14H15N5O. The minimum Gasteiger partial charge on any atom is -0.368 e. The van der Waals surface area contributed by atoms with E-state index in [0.29, 0.717) is 23.6 Å². The third-order valence-corrected chi connectivity index (χ3v) is 3.14. The molecule has 0 aliphatic carbocycles. The van der Waals surface area contributed by atoms with Crippen LogP contribution in [0.25, 0.3) is 11.4 Å². The highest BCUT2D eigenvalue weighted by atomic mass is 16.1. The van der Waals surface area contributed by atoms with Crippen LogP contribution in [0.4, 0.5) is 0 Å². The average molecular weight is 269 g/mol. The van der Waals surface area contributed by atoms with E-state index in [0.717, 1.165) is 5.56 Å². The van der Waals surface area contributed by atoms with E-state index in [9.17, 15) is 4.79 Å². The summed E-state index contributed by atoms with van der Waals surface area (Å²) in [5.41, 5.74) is 6.71. The maximum atomic E-state index is 11.6. The van der Waals surface area contributed by atoms with E-state index in [1.807, 2.05) is 13.0 Å². The fourth-order valence-corrected chi connectivity index (χ4v) is 2.18. The monoisotopic (exact) mass is 269 g/mol. The van der Waals surface area contributed by atoms with Crippen LogP contribution in [0.3, 0.4) is 0 Å². The highest BCUT2D eigenvalue weighted by molar-refractivity contribution is 5.79. The number of aryl methyl sites for hydroxylation is 1. The molecule has 6 nitrogen and oxygen atoms in total. The van der Waals surface area contributed by atoms with Crippen molar-refractivity contribution in [1.82, 2.24) is 14.8 Å². The molecule has 2 aromatic rings. The summed E-state index contributed by atoms with van der Waals surface area (Å²) in [5, 5.41) is 17.1. The summed E-state index contributed by atoms with van der Waals surface area (Å²) in [6.45, 7) is 3.65. The quantitative estimate of drug-likeness (QED) is 0.910. The Morgan fingerprint density at radius 2 is 2.25 bits per heavy atom. The summed E-state index contributed by atoms with van der Waals surface area (Å²) < 4.78 is 1.72. The largest absolute Gasteiger partial charge is 0.368 e. The van der Waals surface area contributed by atoms with Crippen LogP contribution >= 0.6 is 0 Å². The van der Waals surface area contributed by atoms with Gasteiger partial charge in [0.25, 0.3) is 0 Å². The summed E-state index contributed by atoms with van der Waals surface area (Å²) in [6.07, 6.45) is 0.555. The number of primary amides is 1. The molecule has 0 spiro atoms. The maximum Gasteiger partial charge on any atom is 0.240 e. The van der Waals surface area contributed by atoms with Crippen LogP contribution < -0.4 is 5.73 Å². The fourth-order valence-electron chi connectivity index (χ4n) is 2.18. The molecule has 1 aromatic heterocycles. The first-order valence-corrected chi connectivity index (χ1v) is 6.29. The van der Waals surface area contributed by atoms with Crippen LogP contribution in [0.1, 0.15) is 30.8 Å². The number of hydrogen-bond acceptors (Lipinski definition) is 4. The van der Waals surface area contributed by atoms with E-state index < -0.39 is 11.9 Å². The normalized spacial score (nSPS) is 11.8. The van der Waals surface area contributed by atoms with Crippen LogP contribution in [0.15, 0.2) is 24.3 Å². The number of nitrogens with two attached hydrogens (primary N) is 1. The van der Waals surface area contributed by atoms with Crippen molar-refractivity contribution < 1.29 is 4.79 Å². The lowest BCUT2D eigenvalue weighted by Gasteiger charge is -2.16. The first-order chi connectivity index (χ1) is 9.58. The Kier molecular flexibility index (Phi) is 3.80. The molecule has 0 unspecified atom stereocenters. The van der Waals surface area contributed by atoms with Gasteiger partial charge in [0.2, 0.25) is 5.91 Å². The zero-order valence-electron chi connectivity index (χ0n) is 11.4. The van der Waals surface area contributed by atoms with Gasteiger partial charge in [0.15, 0.2) is 5.82 Å². The van der Waals surface area contributed by atoms with Gasteiger partial charge in [-0.15, -0.1) is 10.2 Å². The fraction of sp³-hybridized carbons (Fsp3) is 0.286. The number of rotatable bonds is 4. The third kappa shape index (κ3) is 2.38. The zero-order chi connectivity index (χ0) is 14.7. The molecule has 2 rings (SSSR count). The average Bonchev–Trinajstić information content (AvgIpc) is 2.82. The molecule has 0 saturated carbocycles. The number of aromatic nitrogens is 3.